The van der Waals surface area contributed by atoms with Gasteiger partial charge in [0, 0.05) is 30.6 Å². The lowest BCUT2D eigenvalue weighted by Gasteiger charge is -2.15. The molecule has 1 N–H and O–H groups in total. The van der Waals surface area contributed by atoms with Crippen LogP contribution < -0.4 is 4.74 Å². The van der Waals surface area contributed by atoms with Gasteiger partial charge in [0.25, 0.3) is 0 Å². The molecule has 0 aliphatic rings. The first-order chi connectivity index (χ1) is 12.6. The van der Waals surface area contributed by atoms with Crippen molar-refractivity contribution in [2.75, 3.05) is 13.9 Å². The number of ether oxygens (including phenoxy) is 2. The number of aryl methyl sites for hydroxylation is 2. The molecule has 6 heteroatoms. The summed E-state index contributed by atoms with van der Waals surface area (Å²) >= 11 is 0. The van der Waals surface area contributed by atoms with Crippen LogP contribution in [0.15, 0.2) is 48.8 Å². The van der Waals surface area contributed by atoms with Crippen LogP contribution in [0, 0.1) is 13.8 Å². The monoisotopic (exact) mass is 351 g/mol. The van der Waals surface area contributed by atoms with Gasteiger partial charge in [-0.15, -0.1) is 0 Å². The van der Waals surface area contributed by atoms with Crippen molar-refractivity contribution >= 4 is 0 Å². The van der Waals surface area contributed by atoms with Crippen LogP contribution in [0.2, 0.25) is 0 Å². The summed E-state index contributed by atoms with van der Waals surface area (Å²) in [5.74, 6) is 0.694. The van der Waals surface area contributed by atoms with Crippen LogP contribution in [0.1, 0.15) is 28.5 Å². The SMILES string of the molecule is COCOc1cc(C)cc(C)c1-c1ccc(C(O)c2cccnc2)nn1. The fourth-order valence-corrected chi connectivity index (χ4v) is 2.82. The minimum Gasteiger partial charge on any atom is -0.467 e. The minimum atomic E-state index is -0.867. The Morgan fingerprint density at radius 2 is 1.96 bits per heavy atom. The molecule has 0 aliphatic carbocycles. The molecule has 0 amide bonds. The molecule has 0 bridgehead atoms. The largest absolute Gasteiger partial charge is 0.467 e. The highest BCUT2D eigenvalue weighted by Gasteiger charge is 2.16. The molecule has 1 unspecified atom stereocenters. The zero-order valence-corrected chi connectivity index (χ0v) is 15.0. The van der Waals surface area contributed by atoms with Gasteiger partial charge in [0.15, 0.2) is 6.79 Å². The lowest BCUT2D eigenvalue weighted by atomic mass is 10.0. The molecule has 0 spiro atoms. The van der Waals surface area contributed by atoms with Crippen molar-refractivity contribution in [1.29, 1.82) is 0 Å². The van der Waals surface area contributed by atoms with Crippen molar-refractivity contribution in [3.63, 3.8) is 0 Å². The molecular weight excluding hydrogens is 330 g/mol. The molecular formula is C20H21N3O3. The molecule has 3 aromatic rings. The molecule has 134 valence electrons. The van der Waals surface area contributed by atoms with E-state index >= 15 is 0 Å². The van der Waals surface area contributed by atoms with Crippen LogP contribution in [0.25, 0.3) is 11.3 Å². The third-order valence-corrected chi connectivity index (χ3v) is 4.00. The highest BCUT2D eigenvalue weighted by atomic mass is 16.7. The minimum absolute atomic E-state index is 0.154. The molecule has 0 radical (unpaired) electrons. The van der Waals surface area contributed by atoms with E-state index < -0.39 is 6.10 Å². The maximum absolute atomic E-state index is 10.4. The number of aliphatic hydroxyl groups excluding tert-OH is 1. The summed E-state index contributed by atoms with van der Waals surface area (Å²) in [5.41, 5.74) is 4.80. The van der Waals surface area contributed by atoms with Crippen LogP contribution in [-0.2, 0) is 4.74 Å². The lowest BCUT2D eigenvalue weighted by molar-refractivity contribution is 0.0514. The summed E-state index contributed by atoms with van der Waals surface area (Å²) < 4.78 is 10.7. The molecule has 2 heterocycles. The Bertz CT molecular complexity index is 867. The molecule has 3 rings (SSSR count). The van der Waals surface area contributed by atoms with E-state index in [1.165, 1.54) is 0 Å². The number of rotatable bonds is 6. The normalized spacial score (nSPS) is 12.0. The maximum atomic E-state index is 10.4. The molecule has 2 aromatic heterocycles. The zero-order valence-electron chi connectivity index (χ0n) is 15.0. The molecule has 0 saturated heterocycles. The van der Waals surface area contributed by atoms with Gasteiger partial charge in [-0.05, 0) is 49.2 Å². The van der Waals surface area contributed by atoms with Gasteiger partial charge in [-0.3, -0.25) is 4.98 Å². The van der Waals surface area contributed by atoms with Gasteiger partial charge >= 0.3 is 0 Å². The van der Waals surface area contributed by atoms with Gasteiger partial charge in [-0.1, -0.05) is 12.1 Å². The number of hydrogen-bond donors (Lipinski definition) is 1. The van der Waals surface area contributed by atoms with E-state index in [1.54, 1.807) is 37.7 Å². The van der Waals surface area contributed by atoms with Crippen LogP contribution in [0.3, 0.4) is 0 Å². The summed E-state index contributed by atoms with van der Waals surface area (Å²) in [5, 5.41) is 18.9. The number of nitrogens with zero attached hydrogens (tertiary/aromatic N) is 3. The first kappa shape index (κ1) is 18.0. The van der Waals surface area contributed by atoms with Crippen molar-refractivity contribution in [3.8, 4) is 17.0 Å². The van der Waals surface area contributed by atoms with Gasteiger partial charge in [-0.25, -0.2) is 0 Å². The Hall–Kier alpha value is -2.83. The lowest BCUT2D eigenvalue weighted by Crippen LogP contribution is -2.06. The average Bonchev–Trinajstić information content (AvgIpc) is 2.66. The molecule has 1 aromatic carbocycles. The predicted molar refractivity (Wildman–Crippen MR) is 97.7 cm³/mol. The van der Waals surface area contributed by atoms with Gasteiger partial charge in [-0.2, -0.15) is 10.2 Å². The van der Waals surface area contributed by atoms with Crippen LogP contribution >= 0.6 is 0 Å². The number of hydrogen-bond acceptors (Lipinski definition) is 6. The van der Waals surface area contributed by atoms with Gasteiger partial charge in [0.1, 0.15) is 11.9 Å². The van der Waals surface area contributed by atoms with Crippen LogP contribution in [0.5, 0.6) is 5.75 Å². The van der Waals surface area contributed by atoms with Gasteiger partial charge < -0.3 is 14.6 Å². The quantitative estimate of drug-likeness (QED) is 0.687. The first-order valence-corrected chi connectivity index (χ1v) is 8.25. The van der Waals surface area contributed by atoms with E-state index in [0.29, 0.717) is 22.7 Å². The second-order valence-electron chi connectivity index (χ2n) is 6.04. The third kappa shape index (κ3) is 3.87. The van der Waals surface area contributed by atoms with E-state index in [1.807, 2.05) is 26.0 Å². The Morgan fingerprint density at radius 3 is 2.62 bits per heavy atom. The molecule has 0 aliphatic heterocycles. The molecule has 1 atom stereocenters. The smallest absolute Gasteiger partial charge is 0.188 e. The summed E-state index contributed by atoms with van der Waals surface area (Å²) in [6, 6.07) is 11.2. The number of pyridine rings is 1. The second-order valence-corrected chi connectivity index (χ2v) is 6.04. The third-order valence-electron chi connectivity index (χ3n) is 4.00. The first-order valence-electron chi connectivity index (χ1n) is 8.25. The summed E-state index contributed by atoms with van der Waals surface area (Å²) in [6.45, 7) is 4.17. The zero-order chi connectivity index (χ0) is 18.5. The Morgan fingerprint density at radius 1 is 1.12 bits per heavy atom. The van der Waals surface area contributed by atoms with E-state index in [2.05, 4.69) is 21.2 Å². The van der Waals surface area contributed by atoms with E-state index in [9.17, 15) is 5.11 Å². The van der Waals surface area contributed by atoms with E-state index in [4.69, 9.17) is 9.47 Å². The van der Waals surface area contributed by atoms with Crippen molar-refractivity contribution < 1.29 is 14.6 Å². The van der Waals surface area contributed by atoms with Crippen molar-refractivity contribution in [1.82, 2.24) is 15.2 Å². The Kier molecular flexibility index (Phi) is 5.55. The van der Waals surface area contributed by atoms with Crippen LogP contribution in [-0.4, -0.2) is 34.2 Å². The predicted octanol–water partition coefficient (Wildman–Crippen LogP) is 3.22. The number of methoxy groups -OCH3 is 1. The molecule has 26 heavy (non-hydrogen) atoms. The number of aromatic nitrogens is 3. The van der Waals surface area contributed by atoms with E-state index in [0.717, 1.165) is 16.7 Å². The van der Waals surface area contributed by atoms with Crippen molar-refractivity contribution in [2.45, 2.75) is 20.0 Å². The van der Waals surface area contributed by atoms with Gasteiger partial charge in [0.05, 0.1) is 11.4 Å². The maximum Gasteiger partial charge on any atom is 0.188 e. The summed E-state index contributed by atoms with van der Waals surface area (Å²) in [4.78, 5) is 4.02. The molecule has 6 nitrogen and oxygen atoms in total. The van der Waals surface area contributed by atoms with Crippen LogP contribution in [0.4, 0.5) is 0 Å². The fraction of sp³-hybridized carbons (Fsp3) is 0.250. The Labute approximate surface area is 152 Å². The molecule has 0 saturated carbocycles. The summed E-state index contributed by atoms with van der Waals surface area (Å²) in [7, 11) is 1.58. The highest BCUT2D eigenvalue weighted by Crippen LogP contribution is 2.33. The van der Waals surface area contributed by atoms with Crippen molar-refractivity contribution in [2.24, 2.45) is 0 Å². The van der Waals surface area contributed by atoms with Gasteiger partial charge in [0.2, 0.25) is 0 Å². The highest BCUT2D eigenvalue weighted by molar-refractivity contribution is 5.71. The van der Waals surface area contributed by atoms with Crippen molar-refractivity contribution in [3.05, 3.63) is 71.2 Å². The topological polar surface area (TPSA) is 77.4 Å². The molecule has 0 fully saturated rings. The Balaban J connectivity index is 1.94. The number of aliphatic hydroxyl groups is 1. The van der Waals surface area contributed by atoms with E-state index in [-0.39, 0.29) is 6.79 Å². The standard InChI is InChI=1S/C20H21N3O3/c1-13-9-14(2)19(18(10-13)26-12-25-3)16-6-7-17(23-22-16)20(24)15-5-4-8-21-11-15/h4-11,20,24H,12H2,1-3H3. The second kappa shape index (κ2) is 8.03. The average molecular weight is 351 g/mol. The number of benzene rings is 1. The fourth-order valence-electron chi connectivity index (χ4n) is 2.82. The summed E-state index contributed by atoms with van der Waals surface area (Å²) in [6.07, 6.45) is 2.40.